The number of aromatic nitrogens is 2. The minimum absolute atomic E-state index is 0.0467. The van der Waals surface area contributed by atoms with Crippen molar-refractivity contribution in [2.75, 3.05) is 17.2 Å². The second-order valence-corrected chi connectivity index (χ2v) is 6.73. The van der Waals surface area contributed by atoms with Crippen molar-refractivity contribution in [3.05, 3.63) is 36.7 Å². The highest BCUT2D eigenvalue weighted by Crippen LogP contribution is 2.53. The van der Waals surface area contributed by atoms with Gasteiger partial charge in [0.1, 0.15) is 28.5 Å². The van der Waals surface area contributed by atoms with E-state index in [1.165, 1.54) is 18.3 Å². The van der Waals surface area contributed by atoms with E-state index in [1.54, 1.807) is 23.6 Å². The summed E-state index contributed by atoms with van der Waals surface area (Å²) in [6, 6.07) is 5.19. The number of hydrogen-bond donors (Lipinski definition) is 3. The average molecular weight is 423 g/mol. The number of anilines is 2. The number of imide groups is 1. The molecule has 3 N–H and O–H groups in total. The van der Waals surface area contributed by atoms with Gasteiger partial charge in [0, 0.05) is 18.8 Å². The summed E-state index contributed by atoms with van der Waals surface area (Å²) in [7, 11) is 0. The number of pyridine rings is 2. The Morgan fingerprint density at radius 2 is 1.90 bits per heavy atom. The second kappa shape index (κ2) is 8.56. The van der Waals surface area contributed by atoms with E-state index in [0.717, 1.165) is 0 Å². The number of amides is 3. The highest BCUT2D eigenvalue weighted by Gasteiger charge is 2.63. The Morgan fingerprint density at radius 1 is 1.13 bits per heavy atom. The molecule has 2 aromatic heterocycles. The number of nitrogens with zero attached hydrogens (tertiary/aromatic N) is 2. The molecule has 30 heavy (non-hydrogen) atoms. The fourth-order valence-corrected chi connectivity index (χ4v) is 2.94. The van der Waals surface area contributed by atoms with Crippen molar-refractivity contribution in [1.82, 2.24) is 15.3 Å². The average Bonchev–Trinajstić information content (AvgIpc) is 2.61. The molecule has 3 rings (SSSR count). The van der Waals surface area contributed by atoms with Crippen LogP contribution >= 0.6 is 0 Å². The second-order valence-electron chi connectivity index (χ2n) is 6.73. The van der Waals surface area contributed by atoms with Gasteiger partial charge in [-0.2, -0.15) is 13.2 Å². The van der Waals surface area contributed by atoms with E-state index in [2.05, 4.69) is 20.6 Å². The highest BCUT2D eigenvalue weighted by atomic mass is 19.4. The monoisotopic (exact) mass is 423 g/mol. The molecule has 8 nitrogen and oxygen atoms in total. The maximum absolute atomic E-state index is 13.1. The predicted molar refractivity (Wildman–Crippen MR) is 102 cm³/mol. The molecule has 2 aromatic rings. The van der Waals surface area contributed by atoms with Crippen LogP contribution in [0.4, 0.5) is 29.6 Å². The van der Waals surface area contributed by atoms with Crippen LogP contribution in [0.1, 0.15) is 26.2 Å². The summed E-state index contributed by atoms with van der Waals surface area (Å²) in [6.45, 7) is 2.64. The third-order valence-corrected chi connectivity index (χ3v) is 4.71. The minimum Gasteiger partial charge on any atom is -0.456 e. The van der Waals surface area contributed by atoms with Gasteiger partial charge >= 0.3 is 12.2 Å². The van der Waals surface area contributed by atoms with E-state index in [4.69, 9.17) is 4.74 Å². The van der Waals surface area contributed by atoms with Crippen LogP contribution in [0.5, 0.6) is 11.5 Å². The number of ether oxygens (including phenoxy) is 1. The molecule has 0 saturated heterocycles. The molecule has 1 aliphatic rings. The van der Waals surface area contributed by atoms with E-state index in [0.29, 0.717) is 23.9 Å². The molecule has 0 atom stereocenters. The SMILES string of the molecule is CCNc1cc(Oc2ccc(NC(=O)NC(=O)C3(C(F)(F)F)CCC3)nc2)ccn1. The highest BCUT2D eigenvalue weighted by molar-refractivity contribution is 6.03. The maximum atomic E-state index is 13.1. The Balaban J connectivity index is 1.57. The lowest BCUT2D eigenvalue weighted by Crippen LogP contribution is -2.56. The topological polar surface area (TPSA) is 105 Å². The van der Waals surface area contributed by atoms with Gasteiger partial charge in [-0.15, -0.1) is 0 Å². The van der Waals surface area contributed by atoms with Crippen molar-refractivity contribution >= 4 is 23.6 Å². The van der Waals surface area contributed by atoms with Crippen molar-refractivity contribution in [3.8, 4) is 11.5 Å². The fourth-order valence-electron chi connectivity index (χ4n) is 2.94. The largest absolute Gasteiger partial charge is 0.456 e. The lowest BCUT2D eigenvalue weighted by Gasteiger charge is -2.40. The van der Waals surface area contributed by atoms with Crippen molar-refractivity contribution in [3.63, 3.8) is 0 Å². The lowest BCUT2D eigenvalue weighted by molar-refractivity contribution is -0.242. The van der Waals surface area contributed by atoms with Gasteiger partial charge in [0.2, 0.25) is 5.91 Å². The van der Waals surface area contributed by atoms with Gasteiger partial charge < -0.3 is 10.1 Å². The Morgan fingerprint density at radius 3 is 2.47 bits per heavy atom. The predicted octanol–water partition coefficient (Wildman–Crippen LogP) is 4.08. The molecule has 1 fully saturated rings. The molecule has 1 aliphatic carbocycles. The standard InChI is InChI=1S/C19H20F3N5O3/c1-2-23-15-10-12(6-9-24-15)30-13-4-5-14(25-11-13)26-17(29)27-16(28)18(7-3-8-18)19(20,21)22/h4-6,9-11H,2-3,7-8H2,1H3,(H,23,24)(H2,25,26,27,28,29). The molecule has 0 aliphatic heterocycles. The van der Waals surface area contributed by atoms with Crippen LogP contribution in [-0.2, 0) is 4.79 Å². The van der Waals surface area contributed by atoms with E-state index in [-0.39, 0.29) is 25.1 Å². The summed E-state index contributed by atoms with van der Waals surface area (Å²) in [5, 5.41) is 7.04. The van der Waals surface area contributed by atoms with Crippen LogP contribution in [-0.4, -0.2) is 34.6 Å². The zero-order valence-electron chi connectivity index (χ0n) is 16.0. The van der Waals surface area contributed by atoms with Gasteiger partial charge in [0.15, 0.2) is 0 Å². The quantitative estimate of drug-likeness (QED) is 0.647. The third-order valence-electron chi connectivity index (χ3n) is 4.71. The van der Waals surface area contributed by atoms with E-state index >= 15 is 0 Å². The molecule has 0 aromatic carbocycles. The van der Waals surface area contributed by atoms with Crippen LogP contribution in [0.25, 0.3) is 0 Å². The van der Waals surface area contributed by atoms with Crippen LogP contribution in [0.3, 0.4) is 0 Å². The van der Waals surface area contributed by atoms with E-state index in [1.807, 2.05) is 6.92 Å². The zero-order valence-corrected chi connectivity index (χ0v) is 16.0. The van der Waals surface area contributed by atoms with Gasteiger partial charge in [0.25, 0.3) is 0 Å². The number of carbonyl (C=O) groups is 2. The Kier molecular flexibility index (Phi) is 6.09. The first-order chi connectivity index (χ1) is 14.2. The Hall–Kier alpha value is -3.37. The number of hydrogen-bond acceptors (Lipinski definition) is 6. The number of carbonyl (C=O) groups excluding carboxylic acids is 2. The van der Waals surface area contributed by atoms with Crippen molar-refractivity contribution in [2.45, 2.75) is 32.4 Å². The summed E-state index contributed by atoms with van der Waals surface area (Å²) in [4.78, 5) is 32.0. The molecule has 11 heteroatoms. The number of alkyl halides is 3. The van der Waals surface area contributed by atoms with Crippen LogP contribution in [0, 0.1) is 5.41 Å². The van der Waals surface area contributed by atoms with Gasteiger partial charge in [-0.25, -0.2) is 14.8 Å². The van der Waals surface area contributed by atoms with Crippen LogP contribution in [0.2, 0.25) is 0 Å². The fraction of sp³-hybridized carbons (Fsp3) is 0.368. The van der Waals surface area contributed by atoms with Crippen molar-refractivity contribution in [1.29, 1.82) is 0 Å². The molecule has 0 unspecified atom stereocenters. The first kappa shape index (κ1) is 21.3. The first-order valence-corrected chi connectivity index (χ1v) is 9.26. The molecule has 1 saturated carbocycles. The van der Waals surface area contributed by atoms with Crippen LogP contribution < -0.4 is 20.7 Å². The van der Waals surface area contributed by atoms with Gasteiger partial charge in [0.05, 0.1) is 6.20 Å². The summed E-state index contributed by atoms with van der Waals surface area (Å²) >= 11 is 0. The lowest BCUT2D eigenvalue weighted by atomic mass is 9.67. The third kappa shape index (κ3) is 4.61. The van der Waals surface area contributed by atoms with Gasteiger partial charge in [-0.05, 0) is 38.0 Å². The minimum atomic E-state index is -4.70. The molecule has 0 spiro atoms. The van der Waals surface area contributed by atoms with Gasteiger partial charge in [-0.1, -0.05) is 6.42 Å². The number of halogens is 3. The zero-order chi connectivity index (χ0) is 21.8. The number of urea groups is 1. The molecule has 2 heterocycles. The maximum Gasteiger partial charge on any atom is 0.403 e. The normalized spacial score (nSPS) is 14.9. The smallest absolute Gasteiger partial charge is 0.403 e. The molecular weight excluding hydrogens is 403 g/mol. The summed E-state index contributed by atoms with van der Waals surface area (Å²) in [5.74, 6) is 0.227. The molecular formula is C19H20F3N5O3. The van der Waals surface area contributed by atoms with Crippen molar-refractivity contribution in [2.24, 2.45) is 5.41 Å². The molecule has 160 valence electrons. The number of rotatable bonds is 6. The van der Waals surface area contributed by atoms with E-state index in [9.17, 15) is 22.8 Å². The summed E-state index contributed by atoms with van der Waals surface area (Å²) < 4.78 is 45.1. The molecule has 3 amide bonds. The van der Waals surface area contributed by atoms with Gasteiger partial charge in [-0.3, -0.25) is 15.4 Å². The first-order valence-electron chi connectivity index (χ1n) is 9.26. The summed E-state index contributed by atoms with van der Waals surface area (Å²) in [5.41, 5.74) is -2.49. The van der Waals surface area contributed by atoms with Crippen LogP contribution in [0.15, 0.2) is 36.7 Å². The molecule has 0 radical (unpaired) electrons. The number of nitrogens with one attached hydrogen (secondary N) is 3. The Bertz CT molecular complexity index is 914. The Labute approximate surface area is 170 Å². The summed E-state index contributed by atoms with van der Waals surface area (Å²) in [6.07, 6.45) is -2.17. The van der Waals surface area contributed by atoms with E-state index < -0.39 is 23.5 Å². The van der Waals surface area contributed by atoms with Crippen molar-refractivity contribution < 1.29 is 27.5 Å². The molecule has 0 bridgehead atoms.